The van der Waals surface area contributed by atoms with E-state index in [9.17, 15) is 24.8 Å². The standard InChI is InChI=1S/C23H22ClN3O5/c24-17-8-6-15(7-9-17)21(28)19-20(16-4-3-5-18(14-16)27(31)32)26(23(30)22(19)29)13-12-25-10-1-2-11-25/h3-9,14,20,28H,1-2,10-13H2/b21-19+. The number of amides is 1. The smallest absolute Gasteiger partial charge is 0.295 e. The van der Waals surface area contributed by atoms with E-state index >= 15 is 0 Å². The van der Waals surface area contributed by atoms with Crippen molar-refractivity contribution < 1.29 is 19.6 Å². The zero-order valence-corrected chi connectivity index (χ0v) is 18.0. The molecule has 9 heteroatoms. The molecule has 1 atom stereocenters. The number of benzene rings is 2. The number of nitrogens with zero attached hydrogens (tertiary/aromatic N) is 3. The van der Waals surface area contributed by atoms with Crippen molar-refractivity contribution >= 4 is 34.7 Å². The molecule has 2 fully saturated rings. The Kier molecular flexibility index (Phi) is 6.25. The molecule has 4 rings (SSSR count). The molecular formula is C23H22ClN3O5. The van der Waals surface area contributed by atoms with Gasteiger partial charge in [0.05, 0.1) is 16.5 Å². The molecule has 2 aromatic rings. The molecule has 1 amide bonds. The first-order chi connectivity index (χ1) is 15.4. The Labute approximate surface area is 189 Å². The third-order valence-electron chi connectivity index (χ3n) is 5.91. The number of carbonyl (C=O) groups is 2. The number of aliphatic hydroxyl groups is 1. The van der Waals surface area contributed by atoms with Crippen molar-refractivity contribution in [2.75, 3.05) is 26.2 Å². The number of ketones is 1. The fourth-order valence-corrected chi connectivity index (χ4v) is 4.41. The minimum atomic E-state index is -0.923. The van der Waals surface area contributed by atoms with E-state index in [1.54, 1.807) is 30.3 Å². The molecule has 2 saturated heterocycles. The zero-order valence-electron chi connectivity index (χ0n) is 17.2. The first kappa shape index (κ1) is 22.0. The van der Waals surface area contributed by atoms with Crippen LogP contribution in [-0.4, -0.2) is 57.7 Å². The van der Waals surface area contributed by atoms with Crippen molar-refractivity contribution in [3.63, 3.8) is 0 Å². The Hall–Kier alpha value is -3.23. The number of nitro benzene ring substituents is 1. The number of hydrogen-bond acceptors (Lipinski definition) is 6. The van der Waals surface area contributed by atoms with Gasteiger partial charge in [0, 0.05) is 35.8 Å². The fourth-order valence-electron chi connectivity index (χ4n) is 4.28. The highest BCUT2D eigenvalue weighted by atomic mass is 35.5. The van der Waals surface area contributed by atoms with Gasteiger partial charge >= 0.3 is 0 Å². The molecule has 32 heavy (non-hydrogen) atoms. The number of non-ortho nitro benzene ring substituents is 1. The lowest BCUT2D eigenvalue weighted by Crippen LogP contribution is -2.37. The van der Waals surface area contributed by atoms with Gasteiger partial charge in [-0.1, -0.05) is 23.7 Å². The summed E-state index contributed by atoms with van der Waals surface area (Å²) >= 11 is 5.93. The Balaban J connectivity index is 1.79. The van der Waals surface area contributed by atoms with Gasteiger partial charge in [0.2, 0.25) is 0 Å². The van der Waals surface area contributed by atoms with Crippen molar-refractivity contribution in [3.8, 4) is 0 Å². The second-order valence-corrected chi connectivity index (χ2v) is 8.34. The molecule has 0 radical (unpaired) electrons. The molecule has 2 aromatic carbocycles. The molecule has 8 nitrogen and oxygen atoms in total. The van der Waals surface area contributed by atoms with Crippen LogP contribution in [0.4, 0.5) is 5.69 Å². The number of nitro groups is 1. The predicted molar refractivity (Wildman–Crippen MR) is 119 cm³/mol. The van der Waals surface area contributed by atoms with Gasteiger partial charge in [-0.3, -0.25) is 19.7 Å². The Morgan fingerprint density at radius 2 is 1.78 bits per heavy atom. The van der Waals surface area contributed by atoms with Crippen molar-refractivity contribution in [1.29, 1.82) is 0 Å². The van der Waals surface area contributed by atoms with E-state index in [1.807, 2.05) is 0 Å². The average molecular weight is 456 g/mol. The third kappa shape index (κ3) is 4.24. The molecule has 0 bridgehead atoms. The van der Waals surface area contributed by atoms with E-state index in [0.29, 0.717) is 22.7 Å². The van der Waals surface area contributed by atoms with Gasteiger partial charge in [-0.05, 0) is 55.8 Å². The molecule has 1 unspecified atom stereocenters. The van der Waals surface area contributed by atoms with E-state index in [2.05, 4.69) is 4.90 Å². The Bertz CT molecular complexity index is 1090. The summed E-state index contributed by atoms with van der Waals surface area (Å²) in [6, 6.07) is 11.2. The summed E-state index contributed by atoms with van der Waals surface area (Å²) in [4.78, 5) is 40.4. The summed E-state index contributed by atoms with van der Waals surface area (Å²) in [6.07, 6.45) is 2.17. The van der Waals surface area contributed by atoms with E-state index in [4.69, 9.17) is 11.6 Å². The SMILES string of the molecule is O=C1C(=O)N(CCN2CCCC2)C(c2cccc([N+](=O)[O-])c2)/C1=C(\O)c1ccc(Cl)cc1. The van der Waals surface area contributed by atoms with Gasteiger partial charge in [0.1, 0.15) is 5.76 Å². The van der Waals surface area contributed by atoms with Crippen LogP contribution >= 0.6 is 11.6 Å². The number of rotatable bonds is 6. The highest BCUT2D eigenvalue weighted by Gasteiger charge is 2.46. The molecule has 1 N–H and O–H groups in total. The summed E-state index contributed by atoms with van der Waals surface area (Å²) in [7, 11) is 0. The molecule has 0 aliphatic carbocycles. The van der Waals surface area contributed by atoms with Crippen LogP contribution in [0.5, 0.6) is 0 Å². The number of aliphatic hydroxyl groups excluding tert-OH is 1. The lowest BCUT2D eigenvalue weighted by molar-refractivity contribution is -0.384. The molecule has 2 aliphatic heterocycles. The number of carbonyl (C=O) groups excluding carboxylic acids is 2. The van der Waals surface area contributed by atoms with Gasteiger partial charge in [-0.15, -0.1) is 0 Å². The molecule has 2 heterocycles. The van der Waals surface area contributed by atoms with Crippen molar-refractivity contribution in [2.24, 2.45) is 0 Å². The van der Waals surface area contributed by atoms with Gasteiger partial charge in [-0.25, -0.2) is 0 Å². The number of hydrogen-bond donors (Lipinski definition) is 1. The monoisotopic (exact) mass is 455 g/mol. The fraction of sp³-hybridized carbons (Fsp3) is 0.304. The van der Waals surface area contributed by atoms with Crippen LogP contribution in [0.25, 0.3) is 5.76 Å². The topological polar surface area (TPSA) is 104 Å². The summed E-state index contributed by atoms with van der Waals surface area (Å²) < 4.78 is 0. The maximum absolute atomic E-state index is 13.0. The van der Waals surface area contributed by atoms with Crippen molar-refractivity contribution in [2.45, 2.75) is 18.9 Å². The molecule has 0 aromatic heterocycles. The predicted octanol–water partition coefficient (Wildman–Crippen LogP) is 3.77. The summed E-state index contributed by atoms with van der Waals surface area (Å²) in [5, 5.41) is 22.8. The minimum absolute atomic E-state index is 0.0840. The van der Waals surface area contributed by atoms with E-state index in [1.165, 1.54) is 23.1 Å². The first-order valence-corrected chi connectivity index (χ1v) is 10.8. The summed E-state index contributed by atoms with van der Waals surface area (Å²) in [5.41, 5.74) is 0.496. The molecule has 2 aliphatic rings. The van der Waals surface area contributed by atoms with Crippen molar-refractivity contribution in [1.82, 2.24) is 9.80 Å². The number of halogens is 1. The van der Waals surface area contributed by atoms with Crippen LogP contribution in [0.15, 0.2) is 54.1 Å². The van der Waals surface area contributed by atoms with Gasteiger partial charge in [0.25, 0.3) is 17.4 Å². The highest BCUT2D eigenvalue weighted by molar-refractivity contribution is 6.46. The van der Waals surface area contributed by atoms with Crippen LogP contribution in [0.3, 0.4) is 0 Å². The van der Waals surface area contributed by atoms with Crippen molar-refractivity contribution in [3.05, 3.63) is 80.4 Å². The highest BCUT2D eigenvalue weighted by Crippen LogP contribution is 2.40. The van der Waals surface area contributed by atoms with Crippen LogP contribution < -0.4 is 0 Å². The Morgan fingerprint density at radius 1 is 1.09 bits per heavy atom. The van der Waals surface area contributed by atoms with E-state index < -0.39 is 22.7 Å². The molecule has 0 saturated carbocycles. The first-order valence-electron chi connectivity index (χ1n) is 10.4. The van der Waals surface area contributed by atoms with Crippen LogP contribution in [0.1, 0.15) is 30.0 Å². The normalized spacial score (nSPS) is 20.8. The van der Waals surface area contributed by atoms with Gasteiger partial charge in [-0.2, -0.15) is 0 Å². The zero-order chi connectivity index (χ0) is 22.8. The lowest BCUT2D eigenvalue weighted by atomic mass is 9.95. The van der Waals surface area contributed by atoms with Crippen LogP contribution in [-0.2, 0) is 9.59 Å². The molecule has 0 spiro atoms. The molecular weight excluding hydrogens is 434 g/mol. The maximum atomic E-state index is 13.0. The Morgan fingerprint density at radius 3 is 2.44 bits per heavy atom. The summed E-state index contributed by atoms with van der Waals surface area (Å²) in [6.45, 7) is 2.71. The quantitative estimate of drug-likeness (QED) is 0.234. The maximum Gasteiger partial charge on any atom is 0.295 e. The lowest BCUT2D eigenvalue weighted by Gasteiger charge is -2.27. The third-order valence-corrected chi connectivity index (χ3v) is 6.16. The second kappa shape index (κ2) is 9.10. The largest absolute Gasteiger partial charge is 0.507 e. The van der Waals surface area contributed by atoms with Crippen LogP contribution in [0, 0.1) is 10.1 Å². The average Bonchev–Trinajstić information content (AvgIpc) is 3.39. The minimum Gasteiger partial charge on any atom is -0.507 e. The second-order valence-electron chi connectivity index (χ2n) is 7.90. The number of likely N-dealkylation sites (tertiary alicyclic amines) is 2. The van der Waals surface area contributed by atoms with E-state index in [-0.39, 0.29) is 23.6 Å². The van der Waals surface area contributed by atoms with E-state index in [0.717, 1.165) is 25.9 Å². The van der Waals surface area contributed by atoms with Gasteiger partial charge < -0.3 is 14.9 Å². The van der Waals surface area contributed by atoms with Gasteiger partial charge in [0.15, 0.2) is 0 Å². The van der Waals surface area contributed by atoms with Crippen LogP contribution in [0.2, 0.25) is 5.02 Å². The molecule has 166 valence electrons. The summed E-state index contributed by atoms with van der Waals surface area (Å²) in [5.74, 6) is -1.87. The number of Topliss-reactive ketones (excluding diaryl/α,β-unsaturated/α-hetero) is 1.